The highest BCUT2D eigenvalue weighted by atomic mass is 16.5. The van der Waals surface area contributed by atoms with Crippen LogP contribution in [0.1, 0.15) is 36.6 Å². The molecule has 0 aromatic heterocycles. The van der Waals surface area contributed by atoms with E-state index in [-0.39, 0.29) is 24.0 Å². The number of Topliss-reactive ketones (excluding diaryl/α,β-unsaturated/α-hetero) is 1. The highest BCUT2D eigenvalue weighted by molar-refractivity contribution is 6.46. The number of nitrogens with zero attached hydrogens (tertiary/aromatic N) is 1. The van der Waals surface area contributed by atoms with Crippen molar-refractivity contribution in [2.24, 2.45) is 0 Å². The van der Waals surface area contributed by atoms with Gasteiger partial charge in [0.1, 0.15) is 17.3 Å². The van der Waals surface area contributed by atoms with Gasteiger partial charge in [0.05, 0.1) is 31.4 Å². The van der Waals surface area contributed by atoms with Crippen molar-refractivity contribution in [1.82, 2.24) is 4.90 Å². The Kier molecular flexibility index (Phi) is 6.68. The number of ketones is 1. The summed E-state index contributed by atoms with van der Waals surface area (Å²) < 4.78 is 11.2. The molecule has 6 heteroatoms. The zero-order chi connectivity index (χ0) is 24.2. The molecular weight excluding hydrogens is 430 g/mol. The molecule has 1 N–H and O–H groups in total. The van der Waals surface area contributed by atoms with Crippen LogP contribution in [-0.2, 0) is 16.1 Å². The summed E-state index contributed by atoms with van der Waals surface area (Å²) in [5.74, 6) is -0.440. The van der Waals surface area contributed by atoms with Gasteiger partial charge in [0.25, 0.3) is 11.7 Å². The number of para-hydroxylation sites is 1. The van der Waals surface area contributed by atoms with Crippen molar-refractivity contribution in [2.45, 2.75) is 32.5 Å². The molecule has 1 aliphatic rings. The first-order chi connectivity index (χ1) is 16.4. The predicted molar refractivity (Wildman–Crippen MR) is 129 cm³/mol. The number of rotatable bonds is 7. The molecule has 3 aromatic carbocycles. The lowest BCUT2D eigenvalue weighted by Crippen LogP contribution is -2.29. The molecule has 0 bridgehead atoms. The average Bonchev–Trinajstić information content (AvgIpc) is 3.09. The molecule has 1 fully saturated rings. The Labute approximate surface area is 199 Å². The van der Waals surface area contributed by atoms with Gasteiger partial charge in [-0.15, -0.1) is 0 Å². The lowest BCUT2D eigenvalue weighted by Gasteiger charge is -2.26. The summed E-state index contributed by atoms with van der Waals surface area (Å²) in [4.78, 5) is 27.9. The minimum absolute atomic E-state index is 0.0480. The molecule has 1 amide bonds. The molecule has 34 heavy (non-hydrogen) atoms. The fraction of sp³-hybridized carbons (Fsp3) is 0.214. The number of carbonyl (C=O) groups excluding carboxylic acids is 2. The maximum Gasteiger partial charge on any atom is 0.295 e. The minimum atomic E-state index is -0.749. The molecule has 6 nitrogen and oxygen atoms in total. The topological polar surface area (TPSA) is 76.1 Å². The standard InChI is InChI=1S/C28H27NO5/c1-18(2)34-22-14-9-13-20(16-22)26(30)24-25(19-10-5-4-6-11-19)29(28(32)27(24)31)17-21-12-7-8-15-23(21)33-3/h4-16,18,25,30H,17H2,1-3H3/b26-24-. The Morgan fingerprint density at radius 2 is 1.68 bits per heavy atom. The second kappa shape index (κ2) is 9.83. The third-order valence-electron chi connectivity index (χ3n) is 5.67. The van der Waals surface area contributed by atoms with Gasteiger partial charge < -0.3 is 19.5 Å². The Morgan fingerprint density at radius 1 is 0.971 bits per heavy atom. The van der Waals surface area contributed by atoms with E-state index in [2.05, 4.69) is 0 Å². The summed E-state index contributed by atoms with van der Waals surface area (Å²) in [7, 11) is 1.56. The van der Waals surface area contributed by atoms with Crippen molar-refractivity contribution in [3.8, 4) is 11.5 Å². The Morgan fingerprint density at radius 3 is 2.38 bits per heavy atom. The van der Waals surface area contributed by atoms with Crippen LogP contribution in [-0.4, -0.2) is 34.9 Å². The zero-order valence-corrected chi connectivity index (χ0v) is 19.4. The van der Waals surface area contributed by atoms with Gasteiger partial charge in [-0.3, -0.25) is 9.59 Å². The number of aliphatic hydroxyl groups is 1. The molecule has 1 unspecified atom stereocenters. The fourth-order valence-corrected chi connectivity index (χ4v) is 4.19. The summed E-state index contributed by atoms with van der Waals surface area (Å²) in [6.45, 7) is 3.97. The lowest BCUT2D eigenvalue weighted by atomic mass is 9.95. The number of benzene rings is 3. The molecule has 1 aliphatic heterocycles. The molecule has 0 saturated carbocycles. The first kappa shape index (κ1) is 23.1. The second-order valence-corrected chi connectivity index (χ2v) is 8.34. The van der Waals surface area contributed by atoms with E-state index in [4.69, 9.17) is 9.47 Å². The maximum absolute atomic E-state index is 13.3. The number of aliphatic hydroxyl groups excluding tert-OH is 1. The van der Waals surface area contributed by atoms with E-state index in [9.17, 15) is 14.7 Å². The van der Waals surface area contributed by atoms with Crippen molar-refractivity contribution in [3.63, 3.8) is 0 Å². The number of likely N-dealkylation sites (tertiary alicyclic amines) is 1. The Bertz CT molecular complexity index is 1230. The van der Waals surface area contributed by atoms with Crippen LogP contribution in [0.25, 0.3) is 5.76 Å². The van der Waals surface area contributed by atoms with Gasteiger partial charge >= 0.3 is 0 Å². The number of carbonyl (C=O) groups is 2. The van der Waals surface area contributed by atoms with Gasteiger partial charge in [0.2, 0.25) is 0 Å². The van der Waals surface area contributed by atoms with Crippen LogP contribution in [0.15, 0.2) is 84.4 Å². The predicted octanol–water partition coefficient (Wildman–Crippen LogP) is 5.10. The van der Waals surface area contributed by atoms with E-state index in [1.165, 1.54) is 4.90 Å². The van der Waals surface area contributed by atoms with E-state index >= 15 is 0 Å². The largest absolute Gasteiger partial charge is 0.507 e. The molecule has 1 atom stereocenters. The van der Waals surface area contributed by atoms with E-state index in [0.29, 0.717) is 17.1 Å². The number of ether oxygens (including phenoxy) is 2. The maximum atomic E-state index is 13.3. The van der Waals surface area contributed by atoms with Gasteiger partial charge in [0.15, 0.2) is 0 Å². The van der Waals surface area contributed by atoms with Crippen LogP contribution in [0.3, 0.4) is 0 Å². The van der Waals surface area contributed by atoms with Gasteiger partial charge in [0, 0.05) is 11.1 Å². The molecular formula is C28H27NO5. The van der Waals surface area contributed by atoms with Crippen molar-refractivity contribution in [1.29, 1.82) is 0 Å². The highest BCUT2D eigenvalue weighted by Crippen LogP contribution is 2.41. The average molecular weight is 458 g/mol. The summed E-state index contributed by atoms with van der Waals surface area (Å²) in [6, 6.07) is 22.7. The van der Waals surface area contributed by atoms with Crippen LogP contribution in [0.4, 0.5) is 0 Å². The molecule has 174 valence electrons. The molecule has 0 spiro atoms. The van der Waals surface area contributed by atoms with Crippen LogP contribution in [0.5, 0.6) is 11.5 Å². The fourth-order valence-electron chi connectivity index (χ4n) is 4.19. The molecule has 3 aromatic rings. The highest BCUT2D eigenvalue weighted by Gasteiger charge is 2.46. The Hall–Kier alpha value is -4.06. The summed E-state index contributed by atoms with van der Waals surface area (Å²) >= 11 is 0. The second-order valence-electron chi connectivity index (χ2n) is 8.34. The van der Waals surface area contributed by atoms with Gasteiger partial charge in [-0.1, -0.05) is 60.7 Å². The van der Waals surface area contributed by atoms with Gasteiger partial charge in [-0.25, -0.2) is 0 Å². The van der Waals surface area contributed by atoms with Crippen LogP contribution >= 0.6 is 0 Å². The van der Waals surface area contributed by atoms with Gasteiger partial charge in [-0.05, 0) is 37.6 Å². The number of hydrogen-bond donors (Lipinski definition) is 1. The molecule has 0 aliphatic carbocycles. The third-order valence-corrected chi connectivity index (χ3v) is 5.67. The lowest BCUT2D eigenvalue weighted by molar-refractivity contribution is -0.140. The molecule has 0 radical (unpaired) electrons. The molecule has 1 heterocycles. The van der Waals surface area contributed by atoms with Crippen LogP contribution in [0, 0.1) is 0 Å². The van der Waals surface area contributed by atoms with Crippen molar-refractivity contribution < 1.29 is 24.2 Å². The van der Waals surface area contributed by atoms with E-state index < -0.39 is 17.7 Å². The zero-order valence-electron chi connectivity index (χ0n) is 19.4. The van der Waals surface area contributed by atoms with Crippen LogP contribution in [0.2, 0.25) is 0 Å². The first-order valence-electron chi connectivity index (χ1n) is 11.1. The van der Waals surface area contributed by atoms with E-state index in [1.807, 2.05) is 68.4 Å². The quantitative estimate of drug-likeness (QED) is 0.303. The van der Waals surface area contributed by atoms with Crippen LogP contribution < -0.4 is 9.47 Å². The SMILES string of the molecule is COc1ccccc1CN1C(=O)C(=O)/C(=C(\O)c2cccc(OC(C)C)c2)C1c1ccccc1. The van der Waals surface area contributed by atoms with Gasteiger partial charge in [-0.2, -0.15) is 0 Å². The molecule has 4 rings (SSSR count). The summed E-state index contributed by atoms with van der Waals surface area (Å²) in [5.41, 5.74) is 1.95. The first-order valence-corrected chi connectivity index (χ1v) is 11.1. The Balaban J connectivity index is 1.83. The third kappa shape index (κ3) is 4.53. The van der Waals surface area contributed by atoms with Crippen molar-refractivity contribution in [3.05, 3.63) is 101 Å². The number of amides is 1. The van der Waals surface area contributed by atoms with E-state index in [1.54, 1.807) is 31.4 Å². The monoisotopic (exact) mass is 457 g/mol. The van der Waals surface area contributed by atoms with Crippen molar-refractivity contribution in [2.75, 3.05) is 7.11 Å². The van der Waals surface area contributed by atoms with E-state index in [0.717, 1.165) is 11.1 Å². The summed E-state index contributed by atoms with van der Waals surface area (Å²) in [6.07, 6.45) is -0.0480. The number of hydrogen-bond acceptors (Lipinski definition) is 5. The smallest absolute Gasteiger partial charge is 0.295 e. The number of methoxy groups -OCH3 is 1. The van der Waals surface area contributed by atoms with Crippen molar-refractivity contribution >= 4 is 17.4 Å². The summed E-state index contributed by atoms with van der Waals surface area (Å²) in [5, 5.41) is 11.3. The minimum Gasteiger partial charge on any atom is -0.507 e. The normalized spacial score (nSPS) is 17.3. The molecule has 1 saturated heterocycles.